The van der Waals surface area contributed by atoms with Crippen LogP contribution in [0.3, 0.4) is 0 Å². The Labute approximate surface area is 118 Å². The molecule has 0 aromatic carbocycles. The first kappa shape index (κ1) is 15.3. The lowest BCUT2D eigenvalue weighted by molar-refractivity contribution is 0.0869. The van der Waals surface area contributed by atoms with Gasteiger partial charge in [-0.25, -0.2) is 0 Å². The molecule has 18 heavy (non-hydrogen) atoms. The molecular formula is C12H18Cl2N2O2. The second-order valence-corrected chi connectivity index (χ2v) is 4.98. The fourth-order valence-electron chi connectivity index (χ4n) is 2.26. The van der Waals surface area contributed by atoms with E-state index < -0.39 is 0 Å². The number of carbonyl (C=O) groups excluding carboxylic acids is 1. The van der Waals surface area contributed by atoms with Crippen molar-refractivity contribution in [1.29, 1.82) is 0 Å². The lowest BCUT2D eigenvalue weighted by Gasteiger charge is -2.35. The third-order valence-corrected chi connectivity index (χ3v) is 3.52. The molecule has 1 saturated heterocycles. The third-order valence-electron chi connectivity index (χ3n) is 3.31. The topological polar surface area (TPSA) is 54.3 Å². The summed E-state index contributed by atoms with van der Waals surface area (Å²) >= 11 is 5.65. The van der Waals surface area contributed by atoms with E-state index in [1.165, 1.54) is 0 Å². The molecule has 2 N–H and O–H groups in total. The zero-order valence-corrected chi connectivity index (χ0v) is 12.0. The summed E-state index contributed by atoms with van der Waals surface area (Å²) in [6.45, 7) is 5.23. The number of hydrogen-bond acceptors (Lipinski definition) is 3. The summed E-state index contributed by atoms with van der Waals surface area (Å²) in [4.78, 5) is 11.9. The summed E-state index contributed by atoms with van der Waals surface area (Å²) in [6, 6.07) is 3.55. The number of halogens is 2. The molecule has 3 unspecified atom stereocenters. The summed E-state index contributed by atoms with van der Waals surface area (Å²) < 4.78 is 5.09. The van der Waals surface area contributed by atoms with Crippen molar-refractivity contribution >= 4 is 29.9 Å². The summed E-state index contributed by atoms with van der Waals surface area (Å²) in [5.74, 6) is 0.518. The molecule has 6 heteroatoms. The van der Waals surface area contributed by atoms with Gasteiger partial charge in [0, 0.05) is 12.1 Å². The van der Waals surface area contributed by atoms with Crippen molar-refractivity contribution in [3.63, 3.8) is 0 Å². The molecule has 1 aromatic rings. The Balaban J connectivity index is 0.00000162. The largest absolute Gasteiger partial charge is 0.440 e. The molecule has 2 rings (SSSR count). The van der Waals surface area contributed by atoms with Gasteiger partial charge >= 0.3 is 0 Å². The highest BCUT2D eigenvalue weighted by atomic mass is 35.5. The minimum Gasteiger partial charge on any atom is -0.440 e. The Morgan fingerprint density at radius 2 is 2.22 bits per heavy atom. The molecule has 0 spiro atoms. The quantitative estimate of drug-likeness (QED) is 0.880. The average Bonchev–Trinajstić information content (AvgIpc) is 2.70. The van der Waals surface area contributed by atoms with Crippen LogP contribution in [0.5, 0.6) is 0 Å². The number of amides is 1. The first-order valence-corrected chi connectivity index (χ1v) is 6.25. The second kappa shape index (κ2) is 6.45. The summed E-state index contributed by atoms with van der Waals surface area (Å²) in [6.07, 6.45) is 1.06. The van der Waals surface area contributed by atoms with Crippen LogP contribution in [0.2, 0.25) is 5.22 Å². The lowest BCUT2D eigenvalue weighted by atomic mass is 9.89. The SMILES string of the molecule is CC1CCNC(C)C1NC(=O)c1ccc(Cl)o1.Cl. The predicted molar refractivity (Wildman–Crippen MR) is 73.5 cm³/mol. The van der Waals surface area contributed by atoms with E-state index in [-0.39, 0.29) is 41.4 Å². The van der Waals surface area contributed by atoms with Crippen LogP contribution in [0.4, 0.5) is 0 Å². The van der Waals surface area contributed by atoms with Crippen molar-refractivity contribution in [2.45, 2.75) is 32.4 Å². The Bertz CT molecular complexity index is 399. The molecule has 1 aliphatic heterocycles. The minimum atomic E-state index is -0.204. The molecule has 102 valence electrons. The zero-order chi connectivity index (χ0) is 12.4. The molecule has 0 radical (unpaired) electrons. The molecule has 0 bridgehead atoms. The van der Waals surface area contributed by atoms with E-state index in [9.17, 15) is 4.79 Å². The standard InChI is InChI=1S/C12H17ClN2O2.ClH/c1-7-5-6-14-8(2)11(7)15-12(16)9-3-4-10(13)17-9;/h3-4,7-8,11,14H,5-6H2,1-2H3,(H,15,16);1H. The van der Waals surface area contributed by atoms with Crippen LogP contribution in [0.15, 0.2) is 16.5 Å². The molecule has 1 aromatic heterocycles. The molecule has 1 amide bonds. The van der Waals surface area contributed by atoms with Crippen LogP contribution in [-0.2, 0) is 0 Å². The van der Waals surface area contributed by atoms with Crippen LogP contribution in [-0.4, -0.2) is 24.5 Å². The van der Waals surface area contributed by atoms with Crippen LogP contribution in [0.25, 0.3) is 0 Å². The molecule has 2 heterocycles. The van der Waals surface area contributed by atoms with E-state index >= 15 is 0 Å². The van der Waals surface area contributed by atoms with Gasteiger partial charge in [-0.1, -0.05) is 6.92 Å². The number of carbonyl (C=O) groups is 1. The molecule has 1 aliphatic rings. The lowest BCUT2D eigenvalue weighted by Crippen LogP contribution is -2.55. The van der Waals surface area contributed by atoms with Crippen molar-refractivity contribution in [2.24, 2.45) is 5.92 Å². The van der Waals surface area contributed by atoms with Gasteiger partial charge in [-0.2, -0.15) is 0 Å². The van der Waals surface area contributed by atoms with Gasteiger partial charge < -0.3 is 15.1 Å². The van der Waals surface area contributed by atoms with Gasteiger partial charge in [0.1, 0.15) is 0 Å². The van der Waals surface area contributed by atoms with E-state index in [1.54, 1.807) is 12.1 Å². The van der Waals surface area contributed by atoms with Gasteiger partial charge in [-0.15, -0.1) is 12.4 Å². The summed E-state index contributed by atoms with van der Waals surface area (Å²) in [5, 5.41) is 6.58. The van der Waals surface area contributed by atoms with Crippen LogP contribution < -0.4 is 10.6 Å². The van der Waals surface area contributed by atoms with Gasteiger partial charge in [0.2, 0.25) is 0 Å². The highest BCUT2D eigenvalue weighted by Gasteiger charge is 2.29. The number of nitrogens with one attached hydrogen (secondary N) is 2. The fraction of sp³-hybridized carbons (Fsp3) is 0.583. The Morgan fingerprint density at radius 1 is 1.50 bits per heavy atom. The Hall–Kier alpha value is -0.710. The van der Waals surface area contributed by atoms with E-state index in [0.29, 0.717) is 5.92 Å². The highest BCUT2D eigenvalue weighted by molar-refractivity contribution is 6.29. The molecule has 4 nitrogen and oxygen atoms in total. The van der Waals surface area contributed by atoms with Gasteiger partial charge in [-0.05, 0) is 49.5 Å². The number of piperidine rings is 1. The van der Waals surface area contributed by atoms with E-state index in [0.717, 1.165) is 13.0 Å². The third kappa shape index (κ3) is 3.40. The minimum absolute atomic E-state index is 0. The van der Waals surface area contributed by atoms with Crippen LogP contribution in [0.1, 0.15) is 30.8 Å². The Morgan fingerprint density at radius 3 is 2.78 bits per heavy atom. The first-order chi connectivity index (χ1) is 8.08. The zero-order valence-electron chi connectivity index (χ0n) is 10.4. The summed E-state index contributed by atoms with van der Waals surface area (Å²) in [7, 11) is 0. The van der Waals surface area contributed by atoms with Gasteiger partial charge in [-0.3, -0.25) is 4.79 Å². The van der Waals surface area contributed by atoms with Crippen LogP contribution in [0, 0.1) is 5.92 Å². The van der Waals surface area contributed by atoms with Gasteiger partial charge in [0.05, 0.1) is 0 Å². The maximum Gasteiger partial charge on any atom is 0.287 e. The maximum atomic E-state index is 11.9. The van der Waals surface area contributed by atoms with Crippen molar-refractivity contribution in [2.75, 3.05) is 6.54 Å². The number of rotatable bonds is 2. The predicted octanol–water partition coefficient (Wildman–Crippen LogP) is 2.47. The van der Waals surface area contributed by atoms with Crippen molar-refractivity contribution in [1.82, 2.24) is 10.6 Å². The smallest absolute Gasteiger partial charge is 0.287 e. The molecule has 3 atom stereocenters. The first-order valence-electron chi connectivity index (χ1n) is 5.87. The average molecular weight is 293 g/mol. The normalized spacial score (nSPS) is 27.4. The van der Waals surface area contributed by atoms with E-state index in [1.807, 2.05) is 0 Å². The monoisotopic (exact) mass is 292 g/mol. The molecule has 0 aliphatic carbocycles. The summed E-state index contributed by atoms with van der Waals surface area (Å²) in [5.41, 5.74) is 0. The van der Waals surface area contributed by atoms with E-state index in [2.05, 4.69) is 24.5 Å². The van der Waals surface area contributed by atoms with Crippen LogP contribution >= 0.6 is 24.0 Å². The van der Waals surface area contributed by atoms with Crippen molar-refractivity contribution < 1.29 is 9.21 Å². The molecule has 0 saturated carbocycles. The van der Waals surface area contributed by atoms with Crippen molar-refractivity contribution in [3.8, 4) is 0 Å². The maximum absolute atomic E-state index is 11.9. The van der Waals surface area contributed by atoms with Gasteiger partial charge in [0.15, 0.2) is 11.0 Å². The van der Waals surface area contributed by atoms with Gasteiger partial charge in [0.25, 0.3) is 5.91 Å². The van der Waals surface area contributed by atoms with E-state index in [4.69, 9.17) is 16.0 Å². The molecular weight excluding hydrogens is 275 g/mol. The fourth-order valence-corrected chi connectivity index (χ4v) is 2.41. The Kier molecular flexibility index (Phi) is 5.50. The second-order valence-electron chi connectivity index (χ2n) is 4.61. The molecule has 1 fully saturated rings. The van der Waals surface area contributed by atoms with Crippen molar-refractivity contribution in [3.05, 3.63) is 23.1 Å². The number of hydrogen-bond donors (Lipinski definition) is 2. The number of furan rings is 1. The highest BCUT2D eigenvalue weighted by Crippen LogP contribution is 2.18.